The molecule has 1 aliphatic heterocycles. The Kier molecular flexibility index (Phi) is 7.56. The standard InChI is InChI=1S/C24H22FN3O7/c1-4-33-24(29)21-13(2)35-23(27)17(11-26)22(21)14-5-8-19(32-3)15(9-14)12-34-20-10-16(25)6-7-18(20)28(30)31/h5-10,22H,4,12,27H2,1-3H3. The third kappa shape index (κ3) is 5.16. The van der Waals surface area contributed by atoms with Gasteiger partial charge in [-0.3, -0.25) is 10.1 Å². The Morgan fingerprint density at radius 1 is 1.29 bits per heavy atom. The van der Waals surface area contributed by atoms with Crippen molar-refractivity contribution in [2.45, 2.75) is 26.4 Å². The number of nitro benzene ring substituents is 1. The summed E-state index contributed by atoms with van der Waals surface area (Å²) in [4.78, 5) is 23.3. The summed E-state index contributed by atoms with van der Waals surface area (Å²) in [6.07, 6.45) is 0. The van der Waals surface area contributed by atoms with Crippen molar-refractivity contribution in [2.75, 3.05) is 13.7 Å². The Labute approximate surface area is 200 Å². The van der Waals surface area contributed by atoms with E-state index in [4.69, 9.17) is 24.7 Å². The topological polar surface area (TPSA) is 147 Å². The van der Waals surface area contributed by atoms with Gasteiger partial charge in [0, 0.05) is 17.7 Å². The molecule has 0 saturated carbocycles. The van der Waals surface area contributed by atoms with Crippen LogP contribution < -0.4 is 15.2 Å². The molecule has 0 saturated heterocycles. The summed E-state index contributed by atoms with van der Waals surface area (Å²) in [6, 6.07) is 9.71. The molecule has 2 N–H and O–H groups in total. The molecule has 10 nitrogen and oxygen atoms in total. The van der Waals surface area contributed by atoms with E-state index < -0.39 is 28.3 Å². The quantitative estimate of drug-likeness (QED) is 0.335. The molecule has 0 radical (unpaired) electrons. The van der Waals surface area contributed by atoms with Gasteiger partial charge in [-0.1, -0.05) is 6.07 Å². The van der Waals surface area contributed by atoms with E-state index in [-0.39, 0.29) is 41.8 Å². The Balaban J connectivity index is 2.06. The molecular formula is C24H22FN3O7. The van der Waals surface area contributed by atoms with Crippen molar-refractivity contribution in [3.05, 3.63) is 86.2 Å². The van der Waals surface area contributed by atoms with Crippen molar-refractivity contribution >= 4 is 11.7 Å². The van der Waals surface area contributed by atoms with Gasteiger partial charge in [0.15, 0.2) is 5.75 Å². The number of esters is 1. The number of nitro groups is 1. The maximum absolute atomic E-state index is 13.7. The smallest absolute Gasteiger partial charge is 0.338 e. The van der Waals surface area contributed by atoms with Gasteiger partial charge in [-0.15, -0.1) is 0 Å². The van der Waals surface area contributed by atoms with Crippen molar-refractivity contribution in [1.82, 2.24) is 0 Å². The fraction of sp³-hybridized carbons (Fsp3) is 0.250. The van der Waals surface area contributed by atoms with Crippen LogP contribution in [-0.4, -0.2) is 24.6 Å². The lowest BCUT2D eigenvalue weighted by Gasteiger charge is -2.27. The lowest BCUT2D eigenvalue weighted by molar-refractivity contribution is -0.386. The number of ether oxygens (including phenoxy) is 4. The SMILES string of the molecule is CCOC(=O)C1=C(C)OC(N)=C(C#N)C1c1ccc(OC)c(COc2cc(F)ccc2[N+](=O)[O-])c1. The Morgan fingerprint density at radius 2 is 2.03 bits per heavy atom. The molecule has 35 heavy (non-hydrogen) atoms. The van der Waals surface area contributed by atoms with Crippen LogP contribution in [0.25, 0.3) is 0 Å². The Bertz CT molecular complexity index is 1280. The molecule has 1 atom stereocenters. The zero-order chi connectivity index (χ0) is 25.7. The maximum Gasteiger partial charge on any atom is 0.338 e. The van der Waals surface area contributed by atoms with Gasteiger partial charge in [0.25, 0.3) is 0 Å². The largest absolute Gasteiger partial charge is 0.496 e. The Hall–Kier alpha value is -4.59. The van der Waals surface area contributed by atoms with Gasteiger partial charge < -0.3 is 24.7 Å². The second kappa shape index (κ2) is 10.6. The van der Waals surface area contributed by atoms with E-state index in [1.807, 2.05) is 6.07 Å². The third-order valence-corrected chi connectivity index (χ3v) is 5.24. The number of halogens is 1. The summed E-state index contributed by atoms with van der Waals surface area (Å²) < 4.78 is 35.2. The van der Waals surface area contributed by atoms with E-state index in [9.17, 15) is 24.6 Å². The van der Waals surface area contributed by atoms with Crippen molar-refractivity contribution in [2.24, 2.45) is 5.73 Å². The zero-order valence-corrected chi connectivity index (χ0v) is 19.2. The molecule has 1 unspecified atom stereocenters. The van der Waals surface area contributed by atoms with Crippen LogP contribution in [0.5, 0.6) is 11.5 Å². The van der Waals surface area contributed by atoms with Gasteiger partial charge in [-0.2, -0.15) is 5.26 Å². The maximum atomic E-state index is 13.7. The van der Waals surface area contributed by atoms with Crippen LogP contribution in [0.3, 0.4) is 0 Å². The Morgan fingerprint density at radius 3 is 2.66 bits per heavy atom. The molecule has 0 aromatic heterocycles. The van der Waals surface area contributed by atoms with Crippen LogP contribution in [0.4, 0.5) is 10.1 Å². The molecular weight excluding hydrogens is 461 g/mol. The van der Waals surface area contributed by atoms with E-state index in [1.165, 1.54) is 14.0 Å². The number of carbonyl (C=O) groups excluding carboxylic acids is 1. The fourth-order valence-corrected chi connectivity index (χ4v) is 3.69. The molecule has 0 spiro atoms. The van der Waals surface area contributed by atoms with Crippen molar-refractivity contribution in [3.8, 4) is 17.6 Å². The number of rotatable bonds is 8. The van der Waals surface area contributed by atoms with E-state index >= 15 is 0 Å². The van der Waals surface area contributed by atoms with Crippen LogP contribution in [0.2, 0.25) is 0 Å². The van der Waals surface area contributed by atoms with E-state index in [0.29, 0.717) is 16.9 Å². The zero-order valence-electron chi connectivity index (χ0n) is 19.2. The number of nitriles is 1. The molecule has 1 aliphatic rings. The summed E-state index contributed by atoms with van der Waals surface area (Å²) in [5.74, 6) is -2.12. The van der Waals surface area contributed by atoms with Gasteiger partial charge in [0.05, 0.1) is 30.1 Å². The summed E-state index contributed by atoms with van der Waals surface area (Å²) in [7, 11) is 1.42. The molecule has 3 rings (SSSR count). The molecule has 11 heteroatoms. The molecule has 2 aromatic rings. The van der Waals surface area contributed by atoms with E-state index in [0.717, 1.165) is 18.2 Å². The van der Waals surface area contributed by atoms with Gasteiger partial charge >= 0.3 is 11.7 Å². The molecule has 0 bridgehead atoms. The average Bonchev–Trinajstić information content (AvgIpc) is 2.82. The number of carbonyl (C=O) groups is 1. The second-order valence-corrected chi connectivity index (χ2v) is 7.34. The first-order valence-corrected chi connectivity index (χ1v) is 10.4. The van der Waals surface area contributed by atoms with Gasteiger partial charge in [0.2, 0.25) is 5.88 Å². The molecule has 1 heterocycles. The van der Waals surface area contributed by atoms with Crippen LogP contribution in [-0.2, 0) is 20.9 Å². The molecule has 2 aromatic carbocycles. The van der Waals surface area contributed by atoms with Crippen LogP contribution >= 0.6 is 0 Å². The van der Waals surface area contributed by atoms with Gasteiger partial charge in [0.1, 0.15) is 35.6 Å². The average molecular weight is 483 g/mol. The third-order valence-electron chi connectivity index (χ3n) is 5.24. The van der Waals surface area contributed by atoms with Crippen LogP contribution in [0, 0.1) is 27.3 Å². The van der Waals surface area contributed by atoms with Crippen LogP contribution in [0.15, 0.2) is 59.2 Å². The lowest BCUT2D eigenvalue weighted by Crippen LogP contribution is -2.25. The number of methoxy groups -OCH3 is 1. The summed E-state index contributed by atoms with van der Waals surface area (Å²) >= 11 is 0. The first-order valence-electron chi connectivity index (χ1n) is 10.4. The van der Waals surface area contributed by atoms with E-state index in [1.54, 1.807) is 25.1 Å². The number of hydrogen-bond donors (Lipinski definition) is 1. The number of benzene rings is 2. The van der Waals surface area contributed by atoms with Crippen molar-refractivity contribution in [1.29, 1.82) is 5.26 Å². The monoisotopic (exact) mass is 483 g/mol. The normalized spacial score (nSPS) is 15.2. The summed E-state index contributed by atoms with van der Waals surface area (Å²) in [6.45, 7) is 3.06. The van der Waals surface area contributed by atoms with Gasteiger partial charge in [-0.25, -0.2) is 9.18 Å². The number of nitrogens with two attached hydrogens (primary N) is 1. The summed E-state index contributed by atoms with van der Waals surface area (Å²) in [5, 5.41) is 21.0. The number of hydrogen-bond acceptors (Lipinski definition) is 9. The van der Waals surface area contributed by atoms with E-state index in [2.05, 4.69) is 0 Å². The molecule has 0 fully saturated rings. The van der Waals surface area contributed by atoms with Crippen LogP contribution in [0.1, 0.15) is 30.9 Å². The highest BCUT2D eigenvalue weighted by atomic mass is 19.1. The first kappa shape index (κ1) is 25.0. The highest BCUT2D eigenvalue weighted by Gasteiger charge is 2.36. The molecule has 0 aliphatic carbocycles. The minimum absolute atomic E-state index is 0.0106. The molecule has 182 valence electrons. The highest BCUT2D eigenvalue weighted by molar-refractivity contribution is 5.92. The number of nitrogens with zero attached hydrogens (tertiary/aromatic N) is 2. The lowest BCUT2D eigenvalue weighted by atomic mass is 9.82. The second-order valence-electron chi connectivity index (χ2n) is 7.34. The molecule has 0 amide bonds. The number of allylic oxidation sites excluding steroid dienone is 2. The van der Waals surface area contributed by atoms with Gasteiger partial charge in [-0.05, 0) is 37.6 Å². The summed E-state index contributed by atoms with van der Waals surface area (Å²) in [5.41, 5.74) is 6.54. The first-order chi connectivity index (χ1) is 16.7. The van der Waals surface area contributed by atoms with Crippen molar-refractivity contribution in [3.63, 3.8) is 0 Å². The predicted octanol–water partition coefficient (Wildman–Crippen LogP) is 3.97. The highest BCUT2D eigenvalue weighted by Crippen LogP contribution is 2.41. The predicted molar refractivity (Wildman–Crippen MR) is 120 cm³/mol. The fourth-order valence-electron chi connectivity index (χ4n) is 3.69. The van der Waals surface area contributed by atoms with Crippen molar-refractivity contribution < 1.29 is 33.1 Å². The minimum Gasteiger partial charge on any atom is -0.496 e. The minimum atomic E-state index is -0.902.